The van der Waals surface area contributed by atoms with E-state index in [4.69, 9.17) is 0 Å². The molecule has 82 valence electrons. The average molecular weight is 225 g/mol. The number of nitrogens with one attached hydrogen (secondary N) is 1. The first-order valence-corrected chi connectivity index (χ1v) is 6.93. The second kappa shape index (κ2) is 3.52. The highest BCUT2D eigenvalue weighted by atomic mass is 32.2. The highest BCUT2D eigenvalue weighted by Crippen LogP contribution is 2.28. The molecule has 1 aliphatic rings. The van der Waals surface area contributed by atoms with Crippen LogP contribution in [0.25, 0.3) is 0 Å². The van der Waals surface area contributed by atoms with Crippen molar-refractivity contribution in [3.05, 3.63) is 23.8 Å². The third-order valence-corrected chi connectivity index (χ3v) is 3.68. The Bertz CT molecular complexity index is 475. The van der Waals surface area contributed by atoms with Crippen molar-refractivity contribution in [3.63, 3.8) is 0 Å². The molecule has 1 aromatic rings. The zero-order valence-electron chi connectivity index (χ0n) is 8.95. The van der Waals surface area contributed by atoms with Crippen molar-refractivity contribution in [2.24, 2.45) is 0 Å². The Morgan fingerprint density at radius 2 is 2.00 bits per heavy atom. The van der Waals surface area contributed by atoms with E-state index in [0.29, 0.717) is 10.9 Å². The van der Waals surface area contributed by atoms with Crippen molar-refractivity contribution in [1.82, 2.24) is 0 Å². The van der Waals surface area contributed by atoms with Gasteiger partial charge in [0.1, 0.15) is 0 Å². The van der Waals surface area contributed by atoms with E-state index in [0.717, 1.165) is 11.3 Å². The molecule has 15 heavy (non-hydrogen) atoms. The van der Waals surface area contributed by atoms with Crippen molar-refractivity contribution in [2.75, 3.05) is 11.6 Å². The van der Waals surface area contributed by atoms with Gasteiger partial charge in [-0.15, -0.1) is 0 Å². The third kappa shape index (κ3) is 2.50. The first-order chi connectivity index (χ1) is 6.97. The number of hydrogen-bond acceptors (Lipinski definition) is 3. The predicted octanol–water partition coefficient (Wildman–Crippen LogP) is 1.97. The Labute approximate surface area is 90.4 Å². The van der Waals surface area contributed by atoms with Crippen LogP contribution in [0, 0.1) is 6.92 Å². The van der Waals surface area contributed by atoms with E-state index in [9.17, 15) is 8.42 Å². The van der Waals surface area contributed by atoms with E-state index >= 15 is 0 Å². The van der Waals surface area contributed by atoms with E-state index in [2.05, 4.69) is 5.32 Å². The topological polar surface area (TPSA) is 46.2 Å². The molecule has 1 N–H and O–H groups in total. The summed E-state index contributed by atoms with van der Waals surface area (Å²) in [4.78, 5) is 0.385. The Hall–Kier alpha value is -1.03. The molecule has 1 fully saturated rings. The Morgan fingerprint density at radius 1 is 1.33 bits per heavy atom. The number of benzene rings is 1. The van der Waals surface area contributed by atoms with Crippen molar-refractivity contribution in [2.45, 2.75) is 30.7 Å². The fraction of sp³-hybridized carbons (Fsp3) is 0.455. The first-order valence-electron chi connectivity index (χ1n) is 5.04. The van der Waals surface area contributed by atoms with E-state index < -0.39 is 9.84 Å². The summed E-state index contributed by atoms with van der Waals surface area (Å²) in [7, 11) is -3.10. The minimum absolute atomic E-state index is 0.385. The molecule has 0 saturated heterocycles. The molecule has 0 spiro atoms. The second-order valence-corrected chi connectivity index (χ2v) is 6.18. The van der Waals surface area contributed by atoms with Crippen LogP contribution in [-0.2, 0) is 9.84 Å². The summed E-state index contributed by atoms with van der Waals surface area (Å²) in [5.41, 5.74) is 2.04. The molecule has 1 aromatic carbocycles. The van der Waals surface area contributed by atoms with E-state index in [1.807, 2.05) is 13.0 Å². The number of hydrogen-bond donors (Lipinski definition) is 1. The SMILES string of the molecule is Cc1ccc(S(C)(=O)=O)cc1NC1CC1. The lowest BCUT2D eigenvalue weighted by atomic mass is 10.2. The smallest absolute Gasteiger partial charge is 0.175 e. The summed E-state index contributed by atoms with van der Waals surface area (Å²) in [6, 6.07) is 5.77. The van der Waals surface area contributed by atoms with Crippen molar-refractivity contribution in [1.29, 1.82) is 0 Å². The molecule has 0 aliphatic heterocycles. The van der Waals surface area contributed by atoms with Crippen LogP contribution in [0.4, 0.5) is 5.69 Å². The number of anilines is 1. The zero-order chi connectivity index (χ0) is 11.1. The van der Waals surface area contributed by atoms with Crippen LogP contribution in [0.15, 0.2) is 23.1 Å². The van der Waals surface area contributed by atoms with Crippen molar-refractivity contribution in [3.8, 4) is 0 Å². The molecule has 0 atom stereocenters. The van der Waals surface area contributed by atoms with Gasteiger partial charge in [-0.3, -0.25) is 0 Å². The number of rotatable bonds is 3. The Balaban J connectivity index is 2.35. The van der Waals surface area contributed by atoms with Gasteiger partial charge in [-0.25, -0.2) is 8.42 Å². The average Bonchev–Trinajstić information content (AvgIpc) is 2.90. The highest BCUT2D eigenvalue weighted by molar-refractivity contribution is 7.90. The van der Waals surface area contributed by atoms with Crippen LogP contribution >= 0.6 is 0 Å². The van der Waals surface area contributed by atoms with Crippen LogP contribution < -0.4 is 5.32 Å². The third-order valence-electron chi connectivity index (χ3n) is 2.57. The van der Waals surface area contributed by atoms with Gasteiger partial charge in [-0.05, 0) is 37.5 Å². The van der Waals surface area contributed by atoms with Gasteiger partial charge in [0.15, 0.2) is 9.84 Å². The van der Waals surface area contributed by atoms with Gasteiger partial charge < -0.3 is 5.32 Å². The van der Waals surface area contributed by atoms with Crippen molar-refractivity contribution >= 4 is 15.5 Å². The molecule has 3 nitrogen and oxygen atoms in total. The second-order valence-electron chi connectivity index (χ2n) is 4.17. The van der Waals surface area contributed by atoms with E-state index in [1.165, 1.54) is 19.1 Å². The summed E-state index contributed by atoms with van der Waals surface area (Å²) in [6.07, 6.45) is 3.60. The molecule has 1 saturated carbocycles. The molecular formula is C11H15NO2S. The Morgan fingerprint density at radius 3 is 2.53 bits per heavy atom. The highest BCUT2D eigenvalue weighted by Gasteiger charge is 2.21. The van der Waals surface area contributed by atoms with E-state index in [1.54, 1.807) is 12.1 Å². The molecule has 0 amide bonds. The standard InChI is InChI=1S/C11H15NO2S/c1-8-3-6-10(15(2,13)14)7-11(8)12-9-4-5-9/h3,6-7,9,12H,4-5H2,1-2H3. The maximum Gasteiger partial charge on any atom is 0.175 e. The van der Waals surface area contributed by atoms with Gasteiger partial charge in [-0.2, -0.15) is 0 Å². The lowest BCUT2D eigenvalue weighted by Gasteiger charge is -2.09. The summed E-state index contributed by atoms with van der Waals surface area (Å²) in [5, 5.41) is 3.33. The zero-order valence-corrected chi connectivity index (χ0v) is 9.76. The fourth-order valence-electron chi connectivity index (χ4n) is 1.43. The largest absolute Gasteiger partial charge is 0.382 e. The van der Waals surface area contributed by atoms with Gasteiger partial charge in [0, 0.05) is 18.0 Å². The molecule has 4 heteroatoms. The van der Waals surface area contributed by atoms with Crippen LogP contribution in [-0.4, -0.2) is 20.7 Å². The van der Waals surface area contributed by atoms with Gasteiger partial charge >= 0.3 is 0 Å². The number of aryl methyl sites for hydroxylation is 1. The predicted molar refractivity (Wildman–Crippen MR) is 60.9 cm³/mol. The summed E-state index contributed by atoms with van der Waals surface area (Å²) in [6.45, 7) is 1.98. The normalized spacial score (nSPS) is 16.4. The Kier molecular flexibility index (Phi) is 2.46. The molecular weight excluding hydrogens is 210 g/mol. The molecule has 0 unspecified atom stereocenters. The lowest BCUT2D eigenvalue weighted by Crippen LogP contribution is -2.05. The lowest BCUT2D eigenvalue weighted by molar-refractivity contribution is 0.602. The van der Waals surface area contributed by atoms with Crippen LogP contribution in [0.5, 0.6) is 0 Å². The fourth-order valence-corrected chi connectivity index (χ4v) is 2.08. The summed E-state index contributed by atoms with van der Waals surface area (Å²) < 4.78 is 22.7. The minimum atomic E-state index is -3.10. The molecule has 2 rings (SSSR count). The maximum absolute atomic E-state index is 11.4. The number of sulfone groups is 1. The molecule has 0 heterocycles. The molecule has 0 bridgehead atoms. The molecule has 1 aliphatic carbocycles. The van der Waals surface area contributed by atoms with Crippen LogP contribution in [0.1, 0.15) is 18.4 Å². The van der Waals surface area contributed by atoms with Crippen LogP contribution in [0.2, 0.25) is 0 Å². The van der Waals surface area contributed by atoms with Crippen molar-refractivity contribution < 1.29 is 8.42 Å². The van der Waals surface area contributed by atoms with Gasteiger partial charge in [-0.1, -0.05) is 6.07 Å². The minimum Gasteiger partial charge on any atom is -0.382 e. The van der Waals surface area contributed by atoms with Gasteiger partial charge in [0.05, 0.1) is 4.90 Å². The van der Waals surface area contributed by atoms with Gasteiger partial charge in [0.25, 0.3) is 0 Å². The van der Waals surface area contributed by atoms with Crippen LogP contribution in [0.3, 0.4) is 0 Å². The molecule has 0 radical (unpaired) electrons. The summed E-state index contributed by atoms with van der Waals surface area (Å²) >= 11 is 0. The summed E-state index contributed by atoms with van der Waals surface area (Å²) in [5.74, 6) is 0. The monoisotopic (exact) mass is 225 g/mol. The van der Waals surface area contributed by atoms with Gasteiger partial charge in [0.2, 0.25) is 0 Å². The molecule has 0 aromatic heterocycles. The quantitative estimate of drug-likeness (QED) is 0.855. The first kappa shape index (κ1) is 10.5. The maximum atomic E-state index is 11.4. The van der Waals surface area contributed by atoms with E-state index in [-0.39, 0.29) is 0 Å².